The molecular formula is C11H23N3O2SSi. The van der Waals surface area contributed by atoms with Gasteiger partial charge in [0.15, 0.2) is 0 Å². The van der Waals surface area contributed by atoms with Crippen molar-refractivity contribution in [3.05, 3.63) is 10.4 Å². The lowest BCUT2D eigenvalue weighted by atomic mass is 10.1. The van der Waals surface area contributed by atoms with Crippen LogP contribution in [0.25, 0.3) is 10.4 Å². The Kier molecular flexibility index (Phi) is 7.10. The highest BCUT2D eigenvalue weighted by Gasteiger charge is 2.25. The summed E-state index contributed by atoms with van der Waals surface area (Å²) in [5.41, 5.74) is 8.50. The molecule has 0 spiro atoms. The van der Waals surface area contributed by atoms with Gasteiger partial charge in [0.05, 0.1) is 12.1 Å². The molecule has 0 unspecified atom stereocenters. The van der Waals surface area contributed by atoms with Gasteiger partial charge in [-0.2, -0.15) is 11.8 Å². The van der Waals surface area contributed by atoms with Crippen molar-refractivity contribution >= 4 is 19.8 Å². The smallest absolute Gasteiger partial charge is 0.147 e. The summed E-state index contributed by atoms with van der Waals surface area (Å²) in [6.07, 6.45) is 0.903. The predicted molar refractivity (Wildman–Crippen MR) is 78.7 cm³/mol. The highest BCUT2D eigenvalue weighted by atomic mass is 32.2. The lowest BCUT2D eigenvalue weighted by molar-refractivity contribution is -0.0862. The lowest BCUT2D eigenvalue weighted by Gasteiger charge is -2.27. The number of hydrogen-bond donors (Lipinski definition) is 0. The van der Waals surface area contributed by atoms with E-state index in [4.69, 9.17) is 15.0 Å². The molecule has 0 bridgehead atoms. The van der Waals surface area contributed by atoms with Crippen molar-refractivity contribution in [1.29, 1.82) is 0 Å². The molecule has 104 valence electrons. The normalized spacial score (nSPS) is 24.6. The van der Waals surface area contributed by atoms with Gasteiger partial charge in [-0.05, 0) is 23.7 Å². The number of hydrogen-bond acceptors (Lipinski definition) is 4. The van der Waals surface area contributed by atoms with E-state index in [1.165, 1.54) is 0 Å². The first-order chi connectivity index (χ1) is 8.53. The summed E-state index contributed by atoms with van der Waals surface area (Å²) in [6, 6.07) is 1.12. The SMILES string of the molecule is C[Si](C)(C)CCOCO[C@@H]1CSCC[C@H]1N=[N+]=[N-]. The Morgan fingerprint density at radius 1 is 1.44 bits per heavy atom. The second-order valence-electron chi connectivity index (χ2n) is 5.68. The largest absolute Gasteiger partial charge is 0.356 e. The summed E-state index contributed by atoms with van der Waals surface area (Å²) >= 11 is 1.84. The van der Waals surface area contributed by atoms with Gasteiger partial charge < -0.3 is 9.47 Å². The third-order valence-corrected chi connectivity index (χ3v) is 5.62. The van der Waals surface area contributed by atoms with Crippen LogP contribution in [0.4, 0.5) is 0 Å². The van der Waals surface area contributed by atoms with Gasteiger partial charge in [-0.3, -0.25) is 0 Å². The fourth-order valence-electron chi connectivity index (χ4n) is 1.63. The van der Waals surface area contributed by atoms with Crippen molar-refractivity contribution in [3.8, 4) is 0 Å². The summed E-state index contributed by atoms with van der Waals surface area (Å²) in [4.78, 5) is 2.89. The molecule has 1 fully saturated rings. The molecule has 0 aliphatic carbocycles. The molecule has 1 saturated heterocycles. The van der Waals surface area contributed by atoms with E-state index in [-0.39, 0.29) is 12.1 Å². The molecule has 0 saturated carbocycles. The minimum Gasteiger partial charge on any atom is -0.356 e. The highest BCUT2D eigenvalue weighted by molar-refractivity contribution is 7.99. The first-order valence-electron chi connectivity index (χ1n) is 6.34. The van der Waals surface area contributed by atoms with E-state index in [2.05, 4.69) is 29.7 Å². The van der Waals surface area contributed by atoms with Crippen molar-refractivity contribution in [2.75, 3.05) is 24.9 Å². The predicted octanol–water partition coefficient (Wildman–Crippen LogP) is 3.50. The van der Waals surface area contributed by atoms with E-state index in [0.29, 0.717) is 6.79 Å². The fourth-order valence-corrected chi connectivity index (χ4v) is 3.51. The number of azide groups is 1. The highest BCUT2D eigenvalue weighted by Crippen LogP contribution is 2.23. The maximum absolute atomic E-state index is 8.50. The monoisotopic (exact) mass is 289 g/mol. The maximum atomic E-state index is 8.50. The van der Waals surface area contributed by atoms with E-state index in [9.17, 15) is 0 Å². The number of ether oxygens (including phenoxy) is 2. The Morgan fingerprint density at radius 3 is 2.89 bits per heavy atom. The van der Waals surface area contributed by atoms with Gasteiger partial charge in [0.25, 0.3) is 0 Å². The van der Waals surface area contributed by atoms with Gasteiger partial charge in [0.1, 0.15) is 6.79 Å². The molecule has 1 aliphatic heterocycles. The van der Waals surface area contributed by atoms with Crippen molar-refractivity contribution in [3.63, 3.8) is 0 Å². The summed E-state index contributed by atoms with van der Waals surface area (Å²) < 4.78 is 11.2. The molecule has 18 heavy (non-hydrogen) atoms. The zero-order chi connectivity index (χ0) is 13.4. The molecule has 1 heterocycles. The minimum atomic E-state index is -1.02. The molecule has 0 aromatic rings. The summed E-state index contributed by atoms with van der Waals surface area (Å²) in [6.45, 7) is 8.06. The van der Waals surface area contributed by atoms with Crippen LogP contribution in [0.5, 0.6) is 0 Å². The van der Waals surface area contributed by atoms with Crippen LogP contribution in [0, 0.1) is 0 Å². The van der Waals surface area contributed by atoms with Crippen molar-refractivity contribution in [2.24, 2.45) is 5.11 Å². The third kappa shape index (κ3) is 6.66. The van der Waals surface area contributed by atoms with Gasteiger partial charge in [-0.1, -0.05) is 24.8 Å². The Labute approximate surface area is 114 Å². The van der Waals surface area contributed by atoms with Gasteiger partial charge in [0.2, 0.25) is 0 Å². The average Bonchev–Trinajstić information content (AvgIpc) is 2.29. The molecule has 7 heteroatoms. The minimum absolute atomic E-state index is 0.00605. The van der Waals surface area contributed by atoms with Crippen LogP contribution in [0.3, 0.4) is 0 Å². The molecule has 0 aromatic carbocycles. The molecule has 2 atom stereocenters. The van der Waals surface area contributed by atoms with Crippen LogP contribution >= 0.6 is 11.8 Å². The van der Waals surface area contributed by atoms with Crippen LogP contribution in [0.1, 0.15) is 6.42 Å². The van der Waals surface area contributed by atoms with Gasteiger partial charge >= 0.3 is 0 Å². The quantitative estimate of drug-likeness (QED) is 0.180. The van der Waals surface area contributed by atoms with Crippen LogP contribution < -0.4 is 0 Å². The second-order valence-corrected chi connectivity index (χ2v) is 12.4. The Balaban J connectivity index is 2.18. The number of thioether (sulfide) groups is 1. The van der Waals surface area contributed by atoms with Gasteiger partial charge in [-0.25, -0.2) is 0 Å². The van der Waals surface area contributed by atoms with E-state index in [1.807, 2.05) is 11.8 Å². The topological polar surface area (TPSA) is 67.2 Å². The molecule has 0 amide bonds. The summed E-state index contributed by atoms with van der Waals surface area (Å²) in [5, 5.41) is 3.80. The molecular weight excluding hydrogens is 266 g/mol. The Hall–Kier alpha value is -0.203. The Morgan fingerprint density at radius 2 is 2.22 bits per heavy atom. The zero-order valence-electron chi connectivity index (χ0n) is 11.5. The number of rotatable bonds is 7. The van der Waals surface area contributed by atoms with E-state index < -0.39 is 8.07 Å². The van der Waals surface area contributed by atoms with E-state index >= 15 is 0 Å². The standard InChI is InChI=1S/C11H23N3O2SSi/c1-18(2,3)7-5-15-9-16-11-8-17-6-4-10(11)13-14-12/h10-11H,4-9H2,1-3H3/t10-,11-/m1/s1. The van der Waals surface area contributed by atoms with Crippen molar-refractivity contribution in [2.45, 2.75) is 44.3 Å². The van der Waals surface area contributed by atoms with E-state index in [0.717, 1.165) is 30.6 Å². The molecule has 0 aromatic heterocycles. The molecule has 5 nitrogen and oxygen atoms in total. The Bertz CT molecular complexity index is 293. The maximum Gasteiger partial charge on any atom is 0.147 e. The molecule has 1 rings (SSSR count). The summed E-state index contributed by atoms with van der Waals surface area (Å²) in [5.74, 6) is 1.93. The third-order valence-electron chi connectivity index (χ3n) is 2.83. The van der Waals surface area contributed by atoms with Crippen LogP contribution in [0.15, 0.2) is 5.11 Å². The molecule has 0 radical (unpaired) electrons. The van der Waals surface area contributed by atoms with Crippen molar-refractivity contribution in [1.82, 2.24) is 0 Å². The molecule has 0 N–H and O–H groups in total. The van der Waals surface area contributed by atoms with Crippen LogP contribution in [-0.4, -0.2) is 45.1 Å². The summed E-state index contributed by atoms with van der Waals surface area (Å²) in [7, 11) is -1.02. The van der Waals surface area contributed by atoms with Gasteiger partial charge in [0, 0.05) is 25.3 Å². The second kappa shape index (κ2) is 8.07. The first kappa shape index (κ1) is 15.9. The zero-order valence-corrected chi connectivity index (χ0v) is 13.3. The first-order valence-corrected chi connectivity index (χ1v) is 11.2. The van der Waals surface area contributed by atoms with Crippen molar-refractivity contribution < 1.29 is 9.47 Å². The van der Waals surface area contributed by atoms with E-state index in [1.54, 1.807) is 0 Å². The number of nitrogens with zero attached hydrogens (tertiary/aromatic N) is 3. The molecule has 1 aliphatic rings. The fraction of sp³-hybridized carbons (Fsp3) is 1.00. The van der Waals surface area contributed by atoms with Crippen LogP contribution in [-0.2, 0) is 9.47 Å². The van der Waals surface area contributed by atoms with Gasteiger partial charge in [-0.15, -0.1) is 0 Å². The van der Waals surface area contributed by atoms with Crippen LogP contribution in [0.2, 0.25) is 25.7 Å². The average molecular weight is 289 g/mol. The lowest BCUT2D eigenvalue weighted by Crippen LogP contribution is -2.34.